The third-order valence-electron chi connectivity index (χ3n) is 3.50. The summed E-state index contributed by atoms with van der Waals surface area (Å²) >= 11 is 7.02. The minimum Gasteiger partial charge on any atom is -0.487 e. The van der Waals surface area contributed by atoms with Crippen LogP contribution in [0.4, 0.5) is 0 Å². The highest BCUT2D eigenvalue weighted by molar-refractivity contribution is 9.11. The molecule has 0 radical (unpaired) electrons. The van der Waals surface area contributed by atoms with Gasteiger partial charge in [0.25, 0.3) is 0 Å². The Morgan fingerprint density at radius 2 is 1.70 bits per heavy atom. The zero-order valence-electron chi connectivity index (χ0n) is 12.7. The van der Waals surface area contributed by atoms with Crippen LogP contribution in [0.1, 0.15) is 16.7 Å². The van der Waals surface area contributed by atoms with Crippen molar-refractivity contribution in [2.75, 3.05) is 0 Å². The van der Waals surface area contributed by atoms with Gasteiger partial charge in [-0.1, -0.05) is 12.1 Å². The fourth-order valence-electron chi connectivity index (χ4n) is 2.43. The molecule has 0 aliphatic heterocycles. The molecule has 3 rings (SSSR count). The van der Waals surface area contributed by atoms with Crippen molar-refractivity contribution in [2.45, 2.75) is 20.5 Å². The van der Waals surface area contributed by atoms with Crippen LogP contribution in [0.2, 0.25) is 0 Å². The molecule has 0 saturated heterocycles. The Kier molecular flexibility index (Phi) is 4.60. The molecule has 5 heteroatoms. The van der Waals surface area contributed by atoms with Crippen LogP contribution < -0.4 is 10.4 Å². The van der Waals surface area contributed by atoms with Crippen molar-refractivity contribution in [3.63, 3.8) is 0 Å². The van der Waals surface area contributed by atoms with Gasteiger partial charge in [-0.05, 0) is 75.0 Å². The summed E-state index contributed by atoms with van der Waals surface area (Å²) < 4.78 is 12.9. The molecule has 0 spiro atoms. The molecule has 1 heterocycles. The molecule has 0 unspecified atom stereocenters. The van der Waals surface area contributed by atoms with Gasteiger partial charge in [-0.25, -0.2) is 4.79 Å². The lowest BCUT2D eigenvalue weighted by Gasteiger charge is -2.12. The third kappa shape index (κ3) is 3.51. The Hall–Kier alpha value is -1.59. The Morgan fingerprint density at radius 3 is 2.39 bits per heavy atom. The van der Waals surface area contributed by atoms with Crippen molar-refractivity contribution in [3.05, 3.63) is 72.5 Å². The number of halogens is 2. The average molecular weight is 438 g/mol. The number of aryl methyl sites for hydroxylation is 2. The molecule has 2 aromatic carbocycles. The molecule has 0 bridgehead atoms. The normalized spacial score (nSPS) is 11.0. The molecule has 0 aliphatic carbocycles. The van der Waals surface area contributed by atoms with E-state index < -0.39 is 0 Å². The van der Waals surface area contributed by atoms with E-state index in [1.807, 2.05) is 44.2 Å². The first-order valence-electron chi connectivity index (χ1n) is 7.06. The van der Waals surface area contributed by atoms with E-state index in [4.69, 9.17) is 9.15 Å². The number of ether oxygens (including phenoxy) is 1. The third-order valence-corrected chi connectivity index (χ3v) is 4.68. The monoisotopic (exact) mass is 436 g/mol. The highest BCUT2D eigenvalue weighted by atomic mass is 79.9. The minimum atomic E-state index is -0.372. The first kappa shape index (κ1) is 16.3. The number of rotatable bonds is 3. The maximum absolute atomic E-state index is 11.8. The number of hydrogen-bond acceptors (Lipinski definition) is 3. The molecule has 0 fully saturated rings. The minimum absolute atomic E-state index is 0.283. The SMILES string of the molecule is Cc1cc(Br)c(OCc2cc(=O)oc3cc(C)ccc23)c(Br)c1. The lowest BCUT2D eigenvalue weighted by molar-refractivity contribution is 0.302. The molecule has 0 N–H and O–H groups in total. The molecule has 118 valence electrons. The standard InChI is InChI=1S/C18H14Br2O3/c1-10-3-4-13-12(8-17(21)23-16(13)7-10)9-22-18-14(19)5-11(2)6-15(18)20/h3-8H,9H2,1-2H3. The van der Waals surface area contributed by atoms with E-state index >= 15 is 0 Å². The summed E-state index contributed by atoms with van der Waals surface area (Å²) in [5.74, 6) is 0.712. The van der Waals surface area contributed by atoms with Gasteiger partial charge in [-0.3, -0.25) is 0 Å². The second-order valence-corrected chi connectivity index (χ2v) is 7.15. The molecule has 3 aromatic rings. The molecule has 0 aliphatic rings. The molecular weight excluding hydrogens is 424 g/mol. The Bertz CT molecular complexity index is 922. The fourth-order valence-corrected chi connectivity index (χ4v) is 4.08. The molecule has 0 amide bonds. The van der Waals surface area contributed by atoms with Gasteiger partial charge in [0.2, 0.25) is 0 Å². The molecular formula is C18H14Br2O3. The molecule has 1 aromatic heterocycles. The van der Waals surface area contributed by atoms with Gasteiger partial charge in [-0.2, -0.15) is 0 Å². The van der Waals surface area contributed by atoms with Crippen LogP contribution in [0, 0.1) is 13.8 Å². The second kappa shape index (κ2) is 6.49. The van der Waals surface area contributed by atoms with Gasteiger partial charge in [0, 0.05) is 17.0 Å². The Labute approximate surface area is 150 Å². The van der Waals surface area contributed by atoms with Crippen LogP contribution in [-0.2, 0) is 6.61 Å². The van der Waals surface area contributed by atoms with E-state index in [1.165, 1.54) is 6.07 Å². The maximum atomic E-state index is 11.8. The Balaban J connectivity index is 1.98. The van der Waals surface area contributed by atoms with Crippen LogP contribution in [0.3, 0.4) is 0 Å². The molecule has 23 heavy (non-hydrogen) atoms. The van der Waals surface area contributed by atoms with Gasteiger partial charge in [0.15, 0.2) is 0 Å². The molecule has 3 nitrogen and oxygen atoms in total. The molecule has 0 saturated carbocycles. The largest absolute Gasteiger partial charge is 0.487 e. The van der Waals surface area contributed by atoms with E-state index in [1.54, 1.807) is 0 Å². The van der Waals surface area contributed by atoms with Gasteiger partial charge < -0.3 is 9.15 Å². The van der Waals surface area contributed by atoms with Crippen molar-refractivity contribution in [2.24, 2.45) is 0 Å². The first-order chi connectivity index (χ1) is 10.9. The highest BCUT2D eigenvalue weighted by Gasteiger charge is 2.11. The van der Waals surface area contributed by atoms with Crippen molar-refractivity contribution in [1.82, 2.24) is 0 Å². The summed E-state index contributed by atoms with van der Waals surface area (Å²) in [6, 6.07) is 11.3. The van der Waals surface area contributed by atoms with Crippen molar-refractivity contribution >= 4 is 42.8 Å². The lowest BCUT2D eigenvalue weighted by atomic mass is 10.1. The van der Waals surface area contributed by atoms with E-state index in [9.17, 15) is 4.79 Å². The van der Waals surface area contributed by atoms with Crippen molar-refractivity contribution in [1.29, 1.82) is 0 Å². The maximum Gasteiger partial charge on any atom is 0.336 e. The van der Waals surface area contributed by atoms with Crippen LogP contribution in [-0.4, -0.2) is 0 Å². The fraction of sp³-hybridized carbons (Fsp3) is 0.167. The van der Waals surface area contributed by atoms with E-state index in [0.717, 1.165) is 31.0 Å². The average Bonchev–Trinajstić information content (AvgIpc) is 2.45. The van der Waals surface area contributed by atoms with Crippen LogP contribution in [0.25, 0.3) is 11.0 Å². The van der Waals surface area contributed by atoms with E-state index in [-0.39, 0.29) is 12.2 Å². The number of benzene rings is 2. The van der Waals surface area contributed by atoms with Gasteiger partial charge in [0.05, 0.1) is 8.95 Å². The Morgan fingerprint density at radius 1 is 1.00 bits per heavy atom. The zero-order valence-corrected chi connectivity index (χ0v) is 15.8. The van der Waals surface area contributed by atoms with Gasteiger partial charge in [0.1, 0.15) is 17.9 Å². The van der Waals surface area contributed by atoms with E-state index in [0.29, 0.717) is 11.3 Å². The zero-order chi connectivity index (χ0) is 16.6. The van der Waals surface area contributed by atoms with Crippen LogP contribution >= 0.6 is 31.9 Å². The highest BCUT2D eigenvalue weighted by Crippen LogP contribution is 2.35. The summed E-state index contributed by atoms with van der Waals surface area (Å²) in [5, 5.41) is 0.884. The van der Waals surface area contributed by atoms with Crippen molar-refractivity contribution in [3.8, 4) is 5.75 Å². The number of fused-ring (bicyclic) bond motifs is 1. The van der Waals surface area contributed by atoms with Crippen LogP contribution in [0.15, 0.2) is 54.6 Å². The first-order valence-corrected chi connectivity index (χ1v) is 8.64. The van der Waals surface area contributed by atoms with Crippen molar-refractivity contribution < 1.29 is 9.15 Å². The second-order valence-electron chi connectivity index (χ2n) is 5.44. The summed E-state index contributed by atoms with van der Waals surface area (Å²) in [7, 11) is 0. The summed E-state index contributed by atoms with van der Waals surface area (Å²) in [6.45, 7) is 4.26. The van der Waals surface area contributed by atoms with Crippen LogP contribution in [0.5, 0.6) is 5.75 Å². The number of hydrogen-bond donors (Lipinski definition) is 0. The smallest absolute Gasteiger partial charge is 0.336 e. The topological polar surface area (TPSA) is 39.4 Å². The predicted octanol–water partition coefficient (Wildman–Crippen LogP) is 5.51. The van der Waals surface area contributed by atoms with E-state index in [2.05, 4.69) is 31.9 Å². The quantitative estimate of drug-likeness (QED) is 0.507. The molecule has 0 atom stereocenters. The summed E-state index contributed by atoms with van der Waals surface area (Å²) in [5.41, 5.74) is 3.18. The lowest BCUT2D eigenvalue weighted by Crippen LogP contribution is -2.04. The summed E-state index contributed by atoms with van der Waals surface area (Å²) in [4.78, 5) is 11.8. The van der Waals surface area contributed by atoms with Gasteiger partial charge in [-0.15, -0.1) is 0 Å². The predicted molar refractivity (Wildman–Crippen MR) is 98.1 cm³/mol. The summed E-state index contributed by atoms with van der Waals surface area (Å²) in [6.07, 6.45) is 0. The van der Waals surface area contributed by atoms with Gasteiger partial charge >= 0.3 is 5.63 Å².